The minimum absolute atomic E-state index is 0.206. The van der Waals surface area contributed by atoms with E-state index in [1.165, 1.54) is 57.8 Å². The van der Waals surface area contributed by atoms with Crippen molar-refractivity contribution in [3.05, 3.63) is 35.9 Å². The Morgan fingerprint density at radius 1 is 0.905 bits per heavy atom. The van der Waals surface area contributed by atoms with E-state index >= 15 is 0 Å². The first-order valence-electron chi connectivity index (χ1n) is 8.59. The zero-order chi connectivity index (χ0) is 14.5. The maximum atomic E-state index is 13.0. The summed E-state index contributed by atoms with van der Waals surface area (Å²) in [5.74, 6) is 1.00. The second-order valence-corrected chi connectivity index (χ2v) is 8.04. The molecule has 1 atom stereocenters. The highest BCUT2D eigenvalue weighted by Gasteiger charge is 2.33. The van der Waals surface area contributed by atoms with Gasteiger partial charge in [-0.2, -0.15) is 0 Å². The smallest absolute Gasteiger partial charge is 0.176 e. The van der Waals surface area contributed by atoms with Crippen molar-refractivity contribution < 1.29 is 4.79 Å². The molecule has 1 unspecified atom stereocenters. The van der Waals surface area contributed by atoms with Gasteiger partial charge in [-0.3, -0.25) is 4.79 Å². The summed E-state index contributed by atoms with van der Waals surface area (Å²) < 4.78 is 0. The highest BCUT2D eigenvalue weighted by Crippen LogP contribution is 2.40. The van der Waals surface area contributed by atoms with Crippen LogP contribution in [0.15, 0.2) is 30.3 Å². The normalized spacial score (nSPS) is 22.3. The molecule has 1 nitrogen and oxygen atoms in total. The van der Waals surface area contributed by atoms with Crippen molar-refractivity contribution in [3.8, 4) is 0 Å². The van der Waals surface area contributed by atoms with Gasteiger partial charge in [0.25, 0.3) is 0 Å². The summed E-state index contributed by atoms with van der Waals surface area (Å²) >= 11 is 2.02. The van der Waals surface area contributed by atoms with Crippen LogP contribution in [-0.4, -0.2) is 16.3 Å². The molecule has 0 bridgehead atoms. The van der Waals surface area contributed by atoms with Gasteiger partial charge in [0.2, 0.25) is 0 Å². The summed E-state index contributed by atoms with van der Waals surface area (Å²) in [6.45, 7) is 0. The van der Waals surface area contributed by atoms with Crippen molar-refractivity contribution in [1.29, 1.82) is 0 Å². The summed E-state index contributed by atoms with van der Waals surface area (Å²) in [6.07, 6.45) is 11.9. The van der Waals surface area contributed by atoms with E-state index in [4.69, 9.17) is 0 Å². The number of carbonyl (C=O) groups is 1. The lowest BCUT2D eigenvalue weighted by atomic mass is 9.96. The van der Waals surface area contributed by atoms with E-state index in [-0.39, 0.29) is 5.25 Å². The van der Waals surface area contributed by atoms with E-state index in [2.05, 4.69) is 0 Å². The number of hydrogen-bond acceptors (Lipinski definition) is 2. The second kappa shape index (κ2) is 7.49. The largest absolute Gasteiger partial charge is 0.293 e. The number of Topliss-reactive ketones (excluding diaryl/α,β-unsaturated/α-hetero) is 1. The average Bonchev–Trinajstić information content (AvgIpc) is 3.08. The maximum Gasteiger partial charge on any atom is 0.176 e. The highest BCUT2D eigenvalue weighted by atomic mass is 32.2. The van der Waals surface area contributed by atoms with Crippen molar-refractivity contribution in [3.63, 3.8) is 0 Å². The third kappa shape index (κ3) is 3.91. The Labute approximate surface area is 132 Å². The topological polar surface area (TPSA) is 17.1 Å². The quantitative estimate of drug-likeness (QED) is 0.669. The van der Waals surface area contributed by atoms with Crippen LogP contribution in [0.4, 0.5) is 0 Å². The minimum Gasteiger partial charge on any atom is -0.293 e. The van der Waals surface area contributed by atoms with Crippen molar-refractivity contribution in [2.75, 3.05) is 0 Å². The van der Waals surface area contributed by atoms with Crippen molar-refractivity contribution >= 4 is 17.5 Å². The summed E-state index contributed by atoms with van der Waals surface area (Å²) in [5.41, 5.74) is 0.915. The molecule has 0 spiro atoms. The summed E-state index contributed by atoms with van der Waals surface area (Å²) in [5, 5.41) is 0.926. The van der Waals surface area contributed by atoms with E-state index in [0.29, 0.717) is 11.7 Å². The van der Waals surface area contributed by atoms with Gasteiger partial charge in [-0.25, -0.2) is 0 Å². The van der Waals surface area contributed by atoms with Gasteiger partial charge in [0.15, 0.2) is 5.78 Å². The van der Waals surface area contributed by atoms with Gasteiger partial charge >= 0.3 is 0 Å². The molecule has 3 rings (SSSR count). The van der Waals surface area contributed by atoms with Gasteiger partial charge in [-0.15, -0.1) is 11.8 Å². The molecule has 0 radical (unpaired) electrons. The number of hydrogen-bond donors (Lipinski definition) is 0. The Balaban J connectivity index is 1.73. The molecule has 0 N–H and O–H groups in total. The minimum atomic E-state index is 0.206. The van der Waals surface area contributed by atoms with E-state index in [1.807, 2.05) is 42.1 Å². The van der Waals surface area contributed by atoms with Crippen LogP contribution in [0.5, 0.6) is 0 Å². The van der Waals surface area contributed by atoms with E-state index in [9.17, 15) is 4.79 Å². The molecule has 2 heteroatoms. The van der Waals surface area contributed by atoms with Gasteiger partial charge in [-0.1, -0.05) is 62.4 Å². The SMILES string of the molecule is O=C(c1ccccc1)C(SC1CCCCC1)C1CCCC1. The fourth-order valence-electron chi connectivity index (χ4n) is 3.82. The van der Waals surface area contributed by atoms with E-state index < -0.39 is 0 Å². The molecule has 0 aliphatic heterocycles. The predicted molar refractivity (Wildman–Crippen MR) is 91.0 cm³/mol. The number of ketones is 1. The Morgan fingerprint density at radius 2 is 1.52 bits per heavy atom. The second-order valence-electron chi connectivity index (χ2n) is 6.59. The molecule has 0 aromatic heterocycles. The molecule has 21 heavy (non-hydrogen) atoms. The van der Waals surface area contributed by atoms with Crippen molar-refractivity contribution in [1.82, 2.24) is 0 Å². The summed E-state index contributed by atoms with van der Waals surface area (Å²) in [6, 6.07) is 9.96. The molecular formula is C19H26OS. The molecular weight excluding hydrogens is 276 g/mol. The Morgan fingerprint density at radius 3 is 2.19 bits per heavy atom. The Kier molecular flexibility index (Phi) is 5.40. The molecule has 2 aliphatic carbocycles. The number of rotatable bonds is 5. The highest BCUT2D eigenvalue weighted by molar-refractivity contribution is 8.01. The van der Waals surface area contributed by atoms with Crippen LogP contribution in [0.1, 0.15) is 68.1 Å². The lowest BCUT2D eigenvalue weighted by Gasteiger charge is -2.29. The lowest BCUT2D eigenvalue weighted by molar-refractivity contribution is 0.0970. The van der Waals surface area contributed by atoms with Crippen LogP contribution in [0.25, 0.3) is 0 Å². The molecule has 2 aliphatic rings. The zero-order valence-electron chi connectivity index (χ0n) is 12.8. The van der Waals surface area contributed by atoms with E-state index in [0.717, 1.165) is 10.8 Å². The molecule has 0 heterocycles. The number of benzene rings is 1. The van der Waals surface area contributed by atoms with Gasteiger partial charge in [0.1, 0.15) is 0 Å². The molecule has 2 saturated carbocycles. The number of carbonyl (C=O) groups excluding carboxylic acids is 1. The molecule has 1 aromatic carbocycles. The first-order chi connectivity index (χ1) is 10.3. The van der Waals surface area contributed by atoms with Crippen LogP contribution in [0.2, 0.25) is 0 Å². The summed E-state index contributed by atoms with van der Waals surface area (Å²) in [7, 11) is 0. The molecule has 0 amide bonds. The molecule has 0 saturated heterocycles. The monoisotopic (exact) mass is 302 g/mol. The molecule has 2 fully saturated rings. The van der Waals surface area contributed by atoms with Crippen LogP contribution < -0.4 is 0 Å². The fourth-order valence-corrected chi connectivity index (χ4v) is 5.60. The summed E-state index contributed by atoms with van der Waals surface area (Å²) in [4.78, 5) is 13.0. The van der Waals surface area contributed by atoms with Crippen LogP contribution >= 0.6 is 11.8 Å². The van der Waals surface area contributed by atoms with Crippen LogP contribution in [-0.2, 0) is 0 Å². The fraction of sp³-hybridized carbons (Fsp3) is 0.632. The number of thioether (sulfide) groups is 1. The lowest BCUT2D eigenvalue weighted by Crippen LogP contribution is -2.28. The van der Waals surface area contributed by atoms with Crippen molar-refractivity contribution in [2.45, 2.75) is 68.3 Å². The molecule has 114 valence electrons. The standard InChI is InChI=1S/C19H26OS/c20-18(15-9-3-1-4-10-15)19(16-11-7-8-12-16)21-17-13-5-2-6-14-17/h1,3-4,9-10,16-17,19H,2,5-8,11-14H2. The van der Waals surface area contributed by atoms with Crippen LogP contribution in [0, 0.1) is 5.92 Å². The first kappa shape index (κ1) is 15.1. The third-order valence-electron chi connectivity index (χ3n) is 5.04. The van der Waals surface area contributed by atoms with E-state index in [1.54, 1.807) is 0 Å². The van der Waals surface area contributed by atoms with Gasteiger partial charge in [-0.05, 0) is 31.6 Å². The Bertz CT molecular complexity index is 444. The maximum absolute atomic E-state index is 13.0. The van der Waals surface area contributed by atoms with Gasteiger partial charge in [0.05, 0.1) is 5.25 Å². The van der Waals surface area contributed by atoms with Gasteiger partial charge in [0, 0.05) is 10.8 Å². The first-order valence-corrected chi connectivity index (χ1v) is 9.53. The zero-order valence-corrected chi connectivity index (χ0v) is 13.6. The van der Waals surface area contributed by atoms with Gasteiger partial charge < -0.3 is 0 Å². The molecule has 1 aromatic rings. The van der Waals surface area contributed by atoms with Crippen LogP contribution in [0.3, 0.4) is 0 Å². The predicted octanol–water partition coefficient (Wildman–Crippen LogP) is 5.49. The Hall–Kier alpha value is -0.760. The third-order valence-corrected chi connectivity index (χ3v) is 6.78. The average molecular weight is 302 g/mol. The van der Waals surface area contributed by atoms with Crippen molar-refractivity contribution in [2.24, 2.45) is 5.92 Å².